The minimum atomic E-state index is -4.42. The van der Waals surface area contributed by atoms with Gasteiger partial charge in [0.15, 0.2) is 0 Å². The first kappa shape index (κ1) is 20.0. The van der Waals surface area contributed by atoms with E-state index in [2.05, 4.69) is 25.3 Å². The second kappa shape index (κ2) is 8.09. The standard InChI is InChI=1S/C18H22F3N5O2/c1-28-17(27)24-10-6-7-11-13(8-10)25-15(18(19,20)21)5-3-2-4-12(22)16-23-9-14(11)26-16/h6-9,12,15,25H,2-5,22H2,1H3,(H,23,26)(H,24,27)/t12-,15-/m0/s1. The van der Waals surface area contributed by atoms with Crippen molar-refractivity contribution in [3.8, 4) is 11.3 Å². The van der Waals surface area contributed by atoms with Crippen LogP contribution in [0.1, 0.15) is 37.5 Å². The van der Waals surface area contributed by atoms with Crippen LogP contribution in [0.4, 0.5) is 29.3 Å². The Labute approximate surface area is 159 Å². The van der Waals surface area contributed by atoms with Crippen molar-refractivity contribution in [3.05, 3.63) is 30.2 Å². The molecule has 0 radical (unpaired) electrons. The quantitative estimate of drug-likeness (QED) is 0.578. The third-order valence-corrected chi connectivity index (χ3v) is 4.67. The summed E-state index contributed by atoms with van der Waals surface area (Å²) in [5, 5.41) is 5.06. The third kappa shape index (κ3) is 4.56. The number of nitrogens with two attached hydrogens (primary N) is 1. The molecule has 2 bridgehead atoms. The number of rotatable bonds is 1. The molecule has 10 heteroatoms. The van der Waals surface area contributed by atoms with Crippen LogP contribution in [-0.2, 0) is 4.74 Å². The number of carbonyl (C=O) groups excluding carboxylic acids is 1. The topological polar surface area (TPSA) is 105 Å². The number of aromatic nitrogens is 2. The van der Waals surface area contributed by atoms with Gasteiger partial charge in [-0.15, -0.1) is 0 Å². The van der Waals surface area contributed by atoms with E-state index in [1.54, 1.807) is 18.3 Å². The predicted molar refractivity (Wildman–Crippen MR) is 98.9 cm³/mol. The van der Waals surface area contributed by atoms with Crippen molar-refractivity contribution in [2.24, 2.45) is 5.73 Å². The molecule has 1 aliphatic heterocycles. The van der Waals surface area contributed by atoms with Crippen LogP contribution in [0.3, 0.4) is 0 Å². The summed E-state index contributed by atoms with van der Waals surface area (Å²) in [4.78, 5) is 18.8. The number of imidazole rings is 1. The molecule has 5 N–H and O–H groups in total. The van der Waals surface area contributed by atoms with Crippen LogP contribution in [-0.4, -0.2) is 35.4 Å². The molecule has 0 spiro atoms. The van der Waals surface area contributed by atoms with Gasteiger partial charge in [-0.25, -0.2) is 9.78 Å². The van der Waals surface area contributed by atoms with Gasteiger partial charge in [-0.3, -0.25) is 5.32 Å². The Morgan fingerprint density at radius 3 is 2.79 bits per heavy atom. The molecule has 0 unspecified atom stereocenters. The van der Waals surface area contributed by atoms with Crippen LogP contribution in [0, 0.1) is 0 Å². The van der Waals surface area contributed by atoms with E-state index in [-0.39, 0.29) is 18.2 Å². The summed E-state index contributed by atoms with van der Waals surface area (Å²) in [6.07, 6.45) is -2.20. The number of hydrogen-bond acceptors (Lipinski definition) is 5. The van der Waals surface area contributed by atoms with Crippen LogP contribution >= 0.6 is 0 Å². The number of nitrogens with zero attached hydrogens (tertiary/aromatic N) is 1. The highest BCUT2D eigenvalue weighted by Crippen LogP contribution is 2.35. The van der Waals surface area contributed by atoms with Crippen molar-refractivity contribution in [1.29, 1.82) is 0 Å². The van der Waals surface area contributed by atoms with Gasteiger partial charge in [0.1, 0.15) is 11.9 Å². The van der Waals surface area contributed by atoms with Gasteiger partial charge in [0.2, 0.25) is 0 Å². The number of amides is 1. The summed E-state index contributed by atoms with van der Waals surface area (Å²) in [5.74, 6) is 0.589. The van der Waals surface area contributed by atoms with Crippen molar-refractivity contribution in [1.82, 2.24) is 9.97 Å². The molecule has 0 fully saturated rings. The van der Waals surface area contributed by atoms with Gasteiger partial charge in [0.05, 0.1) is 25.0 Å². The minimum absolute atomic E-state index is 0.0801. The van der Waals surface area contributed by atoms with Crippen LogP contribution in [0.15, 0.2) is 24.4 Å². The van der Waals surface area contributed by atoms with Gasteiger partial charge < -0.3 is 20.8 Å². The van der Waals surface area contributed by atoms with E-state index < -0.39 is 18.3 Å². The van der Waals surface area contributed by atoms with Crippen molar-refractivity contribution < 1.29 is 22.7 Å². The molecule has 7 nitrogen and oxygen atoms in total. The number of anilines is 2. The molecule has 28 heavy (non-hydrogen) atoms. The van der Waals surface area contributed by atoms with E-state index in [4.69, 9.17) is 5.73 Å². The summed E-state index contributed by atoms with van der Waals surface area (Å²) in [7, 11) is 1.20. The Balaban J connectivity index is 2.05. The highest BCUT2D eigenvalue weighted by atomic mass is 19.4. The lowest BCUT2D eigenvalue weighted by atomic mass is 10.0. The zero-order chi connectivity index (χ0) is 20.3. The van der Waals surface area contributed by atoms with E-state index in [1.165, 1.54) is 13.2 Å². The molecule has 0 aliphatic carbocycles. The monoisotopic (exact) mass is 397 g/mol. The SMILES string of the molecule is COC(=O)Nc1ccc2c(c1)N[C@H](C(F)(F)F)CCCC[C@H](N)c1ncc-2[nH]1. The van der Waals surface area contributed by atoms with Gasteiger partial charge in [0.25, 0.3) is 0 Å². The van der Waals surface area contributed by atoms with Crippen LogP contribution in [0.2, 0.25) is 0 Å². The predicted octanol–water partition coefficient (Wildman–Crippen LogP) is 4.17. The Morgan fingerprint density at radius 2 is 2.07 bits per heavy atom. The van der Waals surface area contributed by atoms with E-state index in [0.717, 1.165) is 0 Å². The maximum Gasteiger partial charge on any atom is 0.411 e. The molecule has 152 valence electrons. The van der Waals surface area contributed by atoms with Crippen LogP contribution < -0.4 is 16.4 Å². The van der Waals surface area contributed by atoms with Gasteiger partial charge in [-0.2, -0.15) is 13.2 Å². The molecule has 1 aliphatic rings. The number of methoxy groups -OCH3 is 1. The van der Waals surface area contributed by atoms with Crippen molar-refractivity contribution in [3.63, 3.8) is 0 Å². The van der Waals surface area contributed by atoms with Crippen LogP contribution in [0.25, 0.3) is 11.3 Å². The average molecular weight is 397 g/mol. The number of fused-ring (bicyclic) bond motifs is 4. The number of hydrogen-bond donors (Lipinski definition) is 4. The molecular weight excluding hydrogens is 375 g/mol. The van der Waals surface area contributed by atoms with Gasteiger partial charge >= 0.3 is 12.3 Å². The number of carbonyl (C=O) groups is 1. The van der Waals surface area contributed by atoms with E-state index in [9.17, 15) is 18.0 Å². The lowest BCUT2D eigenvalue weighted by Gasteiger charge is -2.25. The maximum atomic E-state index is 13.6. The molecule has 2 aromatic rings. The number of benzene rings is 1. The first-order valence-electron chi connectivity index (χ1n) is 8.91. The zero-order valence-electron chi connectivity index (χ0n) is 15.3. The summed E-state index contributed by atoms with van der Waals surface area (Å²) in [6, 6.07) is 2.53. The number of halogens is 3. The van der Waals surface area contributed by atoms with Crippen LogP contribution in [0.5, 0.6) is 0 Å². The zero-order valence-corrected chi connectivity index (χ0v) is 15.3. The van der Waals surface area contributed by atoms with Crippen molar-refractivity contribution in [2.75, 3.05) is 17.7 Å². The minimum Gasteiger partial charge on any atom is -0.453 e. The van der Waals surface area contributed by atoms with Crippen molar-refractivity contribution in [2.45, 2.75) is 43.9 Å². The molecule has 2 heterocycles. The number of H-pyrrole nitrogens is 1. The van der Waals surface area contributed by atoms with E-state index in [0.29, 0.717) is 42.0 Å². The molecule has 0 saturated heterocycles. The third-order valence-electron chi connectivity index (χ3n) is 4.67. The second-order valence-electron chi connectivity index (χ2n) is 6.69. The largest absolute Gasteiger partial charge is 0.453 e. The number of nitrogens with one attached hydrogen (secondary N) is 3. The van der Waals surface area contributed by atoms with Gasteiger partial charge in [-0.05, 0) is 31.0 Å². The van der Waals surface area contributed by atoms with E-state index in [1.807, 2.05) is 0 Å². The Kier molecular flexibility index (Phi) is 5.78. The summed E-state index contributed by atoms with van der Waals surface area (Å²) in [5.41, 5.74) is 7.67. The molecule has 3 rings (SSSR count). The fourth-order valence-corrected chi connectivity index (χ4v) is 3.16. The molecular formula is C18H22F3N5O2. The normalized spacial score (nSPS) is 20.2. The molecule has 1 amide bonds. The smallest absolute Gasteiger partial charge is 0.411 e. The molecule has 2 atom stereocenters. The maximum absolute atomic E-state index is 13.6. The average Bonchev–Trinajstić information content (AvgIpc) is 3.12. The Morgan fingerprint density at radius 1 is 1.32 bits per heavy atom. The lowest BCUT2D eigenvalue weighted by Crippen LogP contribution is -2.36. The first-order chi connectivity index (χ1) is 13.3. The van der Waals surface area contributed by atoms with Crippen molar-refractivity contribution >= 4 is 17.5 Å². The molecule has 1 aromatic carbocycles. The summed E-state index contributed by atoms with van der Waals surface area (Å²) in [6.45, 7) is 0. The first-order valence-corrected chi connectivity index (χ1v) is 8.91. The molecule has 0 saturated carbocycles. The Hall–Kier alpha value is -2.75. The number of ether oxygens (including phenoxy) is 1. The van der Waals surface area contributed by atoms with E-state index >= 15 is 0 Å². The van der Waals surface area contributed by atoms with Gasteiger partial charge in [-0.1, -0.05) is 12.8 Å². The van der Waals surface area contributed by atoms with Gasteiger partial charge in [0, 0.05) is 16.9 Å². The highest BCUT2D eigenvalue weighted by Gasteiger charge is 2.39. The number of aromatic amines is 1. The summed E-state index contributed by atoms with van der Waals surface area (Å²) < 4.78 is 45.2. The fourth-order valence-electron chi connectivity index (χ4n) is 3.16. The highest BCUT2D eigenvalue weighted by molar-refractivity contribution is 5.88. The Bertz CT molecular complexity index is 837. The summed E-state index contributed by atoms with van der Waals surface area (Å²) >= 11 is 0. The fraction of sp³-hybridized carbons (Fsp3) is 0.444. The lowest BCUT2D eigenvalue weighted by molar-refractivity contribution is -0.144. The molecule has 1 aromatic heterocycles. The number of alkyl halides is 3. The second-order valence-corrected chi connectivity index (χ2v) is 6.69.